The highest BCUT2D eigenvalue weighted by Gasteiger charge is 2.08. The summed E-state index contributed by atoms with van der Waals surface area (Å²) >= 11 is 0. The highest BCUT2D eigenvalue weighted by molar-refractivity contribution is 5.72. The van der Waals surface area contributed by atoms with E-state index in [2.05, 4.69) is 6.92 Å². The van der Waals surface area contributed by atoms with E-state index in [1.54, 1.807) is 13.0 Å². The number of hydrogen-bond acceptors (Lipinski definition) is 5. The predicted octanol–water partition coefficient (Wildman–Crippen LogP) is 3.73. The number of aliphatic hydroxyl groups is 2. The Labute approximate surface area is 172 Å². The van der Waals surface area contributed by atoms with E-state index in [9.17, 15) is 9.90 Å². The van der Waals surface area contributed by atoms with E-state index in [-0.39, 0.29) is 6.61 Å². The zero-order valence-electron chi connectivity index (χ0n) is 18.2. The zero-order chi connectivity index (χ0) is 21.6. The molecule has 6 nitrogen and oxygen atoms in total. The topological polar surface area (TPSA) is 130 Å². The maximum absolute atomic E-state index is 9.81. The highest BCUT2D eigenvalue weighted by Crippen LogP contribution is 2.12. The first kappa shape index (κ1) is 29.3. The molecule has 6 heteroatoms. The summed E-state index contributed by atoms with van der Waals surface area (Å²) in [6.45, 7) is 3.82. The van der Waals surface area contributed by atoms with Crippen molar-refractivity contribution in [1.29, 1.82) is 0 Å². The maximum atomic E-state index is 9.81. The van der Waals surface area contributed by atoms with Crippen LogP contribution >= 0.6 is 0 Å². The molecule has 0 aromatic rings. The smallest absolute Gasteiger partial charge is 0.320 e. The van der Waals surface area contributed by atoms with Crippen LogP contribution in [0.3, 0.4) is 0 Å². The van der Waals surface area contributed by atoms with Crippen LogP contribution in [0.5, 0.6) is 0 Å². The Bertz CT molecular complexity index is 364. The van der Waals surface area contributed by atoms with Gasteiger partial charge in [0.1, 0.15) is 6.04 Å². The van der Waals surface area contributed by atoms with Gasteiger partial charge < -0.3 is 26.8 Å². The lowest BCUT2D eigenvalue weighted by Gasteiger charge is -2.11. The molecular weight excluding hydrogens is 356 g/mol. The van der Waals surface area contributed by atoms with Gasteiger partial charge in [-0.2, -0.15) is 0 Å². The Morgan fingerprint density at radius 3 is 1.71 bits per heavy atom. The zero-order valence-corrected chi connectivity index (χ0v) is 18.2. The second-order valence-corrected chi connectivity index (χ2v) is 7.44. The van der Waals surface area contributed by atoms with Crippen molar-refractivity contribution in [1.82, 2.24) is 0 Å². The Morgan fingerprint density at radius 1 is 0.893 bits per heavy atom. The number of rotatable bonds is 17. The molecule has 7 N–H and O–H groups in total. The molecule has 0 aliphatic rings. The number of allylic oxidation sites excluding steroid dienone is 1. The molecule has 1 unspecified atom stereocenters. The van der Waals surface area contributed by atoms with Gasteiger partial charge in [0.2, 0.25) is 0 Å². The summed E-state index contributed by atoms with van der Waals surface area (Å²) < 4.78 is 0. The molecule has 0 rings (SSSR count). The molecule has 3 atom stereocenters. The van der Waals surface area contributed by atoms with Gasteiger partial charge in [0.25, 0.3) is 0 Å². The summed E-state index contributed by atoms with van der Waals surface area (Å²) in [4.78, 5) is 9.81. The largest absolute Gasteiger partial charge is 0.480 e. The lowest BCUT2D eigenvalue weighted by Crippen LogP contribution is -2.36. The van der Waals surface area contributed by atoms with E-state index in [0.717, 1.165) is 6.42 Å². The van der Waals surface area contributed by atoms with Crippen molar-refractivity contribution in [2.75, 3.05) is 6.61 Å². The second-order valence-electron chi connectivity index (χ2n) is 7.44. The molecule has 0 aliphatic heterocycles. The van der Waals surface area contributed by atoms with E-state index < -0.39 is 24.2 Å². The minimum absolute atomic E-state index is 0.177. The van der Waals surface area contributed by atoms with E-state index in [1.165, 1.54) is 70.6 Å². The quantitative estimate of drug-likeness (QED) is 0.186. The van der Waals surface area contributed by atoms with Gasteiger partial charge in [-0.15, -0.1) is 0 Å². The van der Waals surface area contributed by atoms with Crippen LogP contribution in [0.2, 0.25) is 0 Å². The van der Waals surface area contributed by atoms with E-state index in [0.29, 0.717) is 6.42 Å². The average molecular weight is 403 g/mol. The van der Waals surface area contributed by atoms with Crippen LogP contribution in [0.15, 0.2) is 12.2 Å². The molecule has 28 heavy (non-hydrogen) atoms. The van der Waals surface area contributed by atoms with E-state index >= 15 is 0 Å². The van der Waals surface area contributed by atoms with Gasteiger partial charge in [0, 0.05) is 0 Å². The summed E-state index contributed by atoms with van der Waals surface area (Å²) in [5.41, 5.74) is 10.5. The Kier molecular flexibility index (Phi) is 23.3. The minimum atomic E-state index is -0.928. The fourth-order valence-corrected chi connectivity index (χ4v) is 2.59. The third kappa shape index (κ3) is 21.4. The standard InChI is InChI=1S/C18H37NO2.C4H9NO2/c1-2-3-4-5-6-7-8-9-10-11-12-13-14-15-18(21)17(19)16-20;1-2-3(5)4(6)7/h14-15,17-18,20-21H,2-13,16,19H2,1H3;3H,2,5H2,1H3,(H,6,7)/b15-14+;/t17-,18+;/m0./s1. The van der Waals surface area contributed by atoms with Crippen LogP contribution in [0.1, 0.15) is 97.3 Å². The molecule has 168 valence electrons. The van der Waals surface area contributed by atoms with Crippen molar-refractivity contribution < 1.29 is 20.1 Å². The monoisotopic (exact) mass is 402 g/mol. The third-order valence-electron chi connectivity index (χ3n) is 4.71. The second kappa shape index (κ2) is 22.3. The Morgan fingerprint density at radius 2 is 1.36 bits per heavy atom. The number of aliphatic carboxylic acids is 1. The molecule has 0 saturated heterocycles. The predicted molar refractivity (Wildman–Crippen MR) is 117 cm³/mol. The molecule has 0 radical (unpaired) electrons. The van der Waals surface area contributed by atoms with Gasteiger partial charge in [0.05, 0.1) is 18.8 Å². The minimum Gasteiger partial charge on any atom is -0.480 e. The van der Waals surface area contributed by atoms with Crippen molar-refractivity contribution in [3.63, 3.8) is 0 Å². The summed E-state index contributed by atoms with van der Waals surface area (Å²) in [6, 6.07) is -1.24. The number of carboxylic acids is 1. The molecule has 0 bridgehead atoms. The lowest BCUT2D eigenvalue weighted by molar-refractivity contribution is -0.138. The first-order valence-corrected chi connectivity index (χ1v) is 11.1. The summed E-state index contributed by atoms with van der Waals surface area (Å²) in [5, 5.41) is 26.4. The number of hydrogen-bond donors (Lipinski definition) is 5. The fourth-order valence-electron chi connectivity index (χ4n) is 2.59. The van der Waals surface area contributed by atoms with Crippen LogP contribution in [0, 0.1) is 0 Å². The van der Waals surface area contributed by atoms with Crippen molar-refractivity contribution in [3.05, 3.63) is 12.2 Å². The van der Waals surface area contributed by atoms with E-state index in [1.807, 2.05) is 6.08 Å². The first-order valence-electron chi connectivity index (χ1n) is 11.1. The molecule has 0 aliphatic carbocycles. The van der Waals surface area contributed by atoms with Gasteiger partial charge in [-0.3, -0.25) is 4.79 Å². The van der Waals surface area contributed by atoms with Crippen molar-refractivity contribution >= 4 is 5.97 Å². The van der Waals surface area contributed by atoms with Crippen LogP contribution in [0.4, 0.5) is 0 Å². The van der Waals surface area contributed by atoms with Gasteiger partial charge in [-0.25, -0.2) is 0 Å². The van der Waals surface area contributed by atoms with Gasteiger partial charge in [0.15, 0.2) is 0 Å². The molecule has 0 fully saturated rings. The van der Waals surface area contributed by atoms with Crippen LogP contribution in [0.25, 0.3) is 0 Å². The van der Waals surface area contributed by atoms with Gasteiger partial charge in [-0.05, 0) is 19.3 Å². The number of unbranched alkanes of at least 4 members (excludes halogenated alkanes) is 11. The number of carboxylic acid groups (broad SMARTS) is 1. The highest BCUT2D eigenvalue weighted by atomic mass is 16.4. The molecule has 0 amide bonds. The Balaban J connectivity index is 0. The molecule has 0 spiro atoms. The van der Waals surface area contributed by atoms with Crippen molar-refractivity contribution in [2.24, 2.45) is 11.5 Å². The van der Waals surface area contributed by atoms with Crippen LogP contribution in [-0.2, 0) is 4.79 Å². The molecule has 0 aromatic heterocycles. The molecule has 0 heterocycles. The third-order valence-corrected chi connectivity index (χ3v) is 4.71. The number of carbonyl (C=O) groups is 1. The Hall–Kier alpha value is -0.950. The fraction of sp³-hybridized carbons (Fsp3) is 0.864. The normalized spacial score (nSPS) is 14.4. The molecule has 0 saturated carbocycles. The summed E-state index contributed by atoms with van der Waals surface area (Å²) in [5.74, 6) is -0.928. The summed E-state index contributed by atoms with van der Waals surface area (Å²) in [6.07, 6.45) is 19.3. The first-order chi connectivity index (χ1) is 13.4. The maximum Gasteiger partial charge on any atom is 0.320 e. The molecular formula is C22H46N2O4. The van der Waals surface area contributed by atoms with E-state index in [4.69, 9.17) is 21.7 Å². The van der Waals surface area contributed by atoms with Gasteiger partial charge in [-0.1, -0.05) is 90.2 Å². The van der Waals surface area contributed by atoms with Crippen LogP contribution in [-0.4, -0.2) is 46.1 Å². The SMILES string of the molecule is CCC(N)C(=O)O.CCCCCCCCCCCCC/C=C/[C@@H](O)[C@@H](N)CO. The average Bonchev–Trinajstić information content (AvgIpc) is 2.70. The summed E-state index contributed by atoms with van der Waals surface area (Å²) in [7, 11) is 0. The lowest BCUT2D eigenvalue weighted by atomic mass is 10.0. The number of nitrogens with two attached hydrogens (primary N) is 2. The number of aliphatic hydroxyl groups excluding tert-OH is 2. The van der Waals surface area contributed by atoms with Crippen molar-refractivity contribution in [2.45, 2.75) is 116 Å². The van der Waals surface area contributed by atoms with Crippen LogP contribution < -0.4 is 11.5 Å². The molecule has 0 aromatic carbocycles. The van der Waals surface area contributed by atoms with Gasteiger partial charge >= 0.3 is 5.97 Å². The van der Waals surface area contributed by atoms with Crippen molar-refractivity contribution in [3.8, 4) is 0 Å².